The van der Waals surface area contributed by atoms with E-state index in [2.05, 4.69) is 20.9 Å². The van der Waals surface area contributed by atoms with Crippen LogP contribution in [-0.4, -0.2) is 62.5 Å². The number of fused-ring (bicyclic) bond motifs is 1. The van der Waals surface area contributed by atoms with E-state index in [4.69, 9.17) is 34.8 Å². The number of hydrogen-bond donors (Lipinski definition) is 6. The third-order valence-corrected chi connectivity index (χ3v) is 9.77. The van der Waals surface area contributed by atoms with Crippen molar-refractivity contribution in [3.8, 4) is 11.5 Å². The Morgan fingerprint density at radius 3 is 2.50 bits per heavy atom. The number of urea groups is 1. The number of carbonyl (C=O) groups is 3. The molecule has 1 aromatic heterocycles. The first-order chi connectivity index (χ1) is 19.2. The summed E-state index contributed by atoms with van der Waals surface area (Å²) in [5, 5.41) is 30.6. The first-order valence-electron chi connectivity index (χ1n) is 13.4. The Hall–Kier alpha value is -2.27. The van der Waals surface area contributed by atoms with Crippen LogP contribution in [0.5, 0.6) is 11.5 Å². The van der Waals surface area contributed by atoms with Crippen LogP contribution >= 0.6 is 46.6 Å². The summed E-state index contributed by atoms with van der Waals surface area (Å²) in [5.41, 5.74) is 0.188. The van der Waals surface area contributed by atoms with E-state index >= 15 is 0 Å². The Kier molecular flexibility index (Phi) is 10.8. The molecule has 40 heavy (non-hydrogen) atoms. The maximum absolute atomic E-state index is 12.9. The average molecular weight is 632 g/mol. The average Bonchev–Trinajstić information content (AvgIpc) is 3.58. The molecule has 2 aliphatic heterocycles. The molecule has 218 valence electrons. The molecular formula is C27H33Cl3N4O5S. The standard InChI is InChI=1S/C27H33Cl3N4O5S/c28-15-11-14(23(36)21(24(15)37)25(38)17-12-16(29)26(30)32-17)7-3-1-2-6-10-31-20(35)9-5-4-8-19-22-18(13-40-19)33-27(39)34-22/h11-12,18-19,22,32,36-37H,1-10,13H2,(H,31,35)(H2,33,34,39)/t18-,19-,22-/m0/s1. The van der Waals surface area contributed by atoms with Crippen molar-refractivity contribution in [3.05, 3.63) is 44.2 Å². The first kappa shape index (κ1) is 30.7. The third kappa shape index (κ3) is 7.51. The highest BCUT2D eigenvalue weighted by molar-refractivity contribution is 8.00. The summed E-state index contributed by atoms with van der Waals surface area (Å²) in [4.78, 5) is 39.1. The van der Waals surface area contributed by atoms with Gasteiger partial charge in [-0.25, -0.2) is 4.79 Å². The van der Waals surface area contributed by atoms with Gasteiger partial charge in [0.2, 0.25) is 11.7 Å². The first-order valence-corrected chi connectivity index (χ1v) is 15.6. The number of aromatic hydroxyl groups is 2. The van der Waals surface area contributed by atoms with Gasteiger partial charge in [0.25, 0.3) is 0 Å². The van der Waals surface area contributed by atoms with E-state index in [0.717, 1.165) is 50.7 Å². The number of halogens is 3. The van der Waals surface area contributed by atoms with Gasteiger partial charge < -0.3 is 31.1 Å². The molecule has 0 spiro atoms. The normalized spacial score (nSPS) is 19.8. The molecular weight excluding hydrogens is 599 g/mol. The molecule has 0 aliphatic carbocycles. The zero-order valence-electron chi connectivity index (χ0n) is 21.8. The molecule has 2 aliphatic rings. The van der Waals surface area contributed by atoms with Gasteiger partial charge in [-0.2, -0.15) is 11.8 Å². The predicted molar refractivity (Wildman–Crippen MR) is 158 cm³/mol. The number of aromatic nitrogens is 1. The number of carbonyl (C=O) groups excluding carboxylic acids is 3. The van der Waals surface area contributed by atoms with E-state index in [1.165, 1.54) is 12.1 Å². The number of H-pyrrole nitrogens is 1. The van der Waals surface area contributed by atoms with Crippen molar-refractivity contribution >= 4 is 64.3 Å². The Bertz CT molecular complexity index is 1240. The molecule has 2 fully saturated rings. The number of nitrogens with one attached hydrogen (secondary N) is 4. The molecule has 3 amide bonds. The fraction of sp³-hybridized carbons (Fsp3) is 0.519. The summed E-state index contributed by atoms with van der Waals surface area (Å²) in [6.45, 7) is 0.606. The van der Waals surface area contributed by atoms with E-state index in [1.807, 2.05) is 11.8 Å². The topological polar surface area (TPSA) is 144 Å². The van der Waals surface area contributed by atoms with Crippen molar-refractivity contribution in [2.75, 3.05) is 12.3 Å². The van der Waals surface area contributed by atoms with Gasteiger partial charge in [0.15, 0.2) is 0 Å². The molecule has 3 atom stereocenters. The number of thioether (sulfide) groups is 1. The summed E-state index contributed by atoms with van der Waals surface area (Å²) in [7, 11) is 0. The van der Waals surface area contributed by atoms with Gasteiger partial charge in [-0.15, -0.1) is 0 Å². The van der Waals surface area contributed by atoms with Crippen LogP contribution in [0.2, 0.25) is 15.2 Å². The molecule has 0 unspecified atom stereocenters. The Morgan fingerprint density at radius 2 is 1.75 bits per heavy atom. The van der Waals surface area contributed by atoms with Gasteiger partial charge in [0, 0.05) is 24.0 Å². The van der Waals surface area contributed by atoms with Gasteiger partial charge in [0.1, 0.15) is 22.2 Å². The second-order valence-electron chi connectivity index (χ2n) is 10.1. The molecule has 0 radical (unpaired) electrons. The van der Waals surface area contributed by atoms with Crippen molar-refractivity contribution < 1.29 is 24.6 Å². The van der Waals surface area contributed by atoms with Crippen molar-refractivity contribution in [1.82, 2.24) is 20.9 Å². The Labute approximate surface area is 252 Å². The SMILES string of the molecule is O=C(CCCC[C@@H]1SC[C@@H]2NC(=O)N[C@@H]21)NCCCCCCc1cc(Cl)c(O)c(C(=O)c2cc(Cl)c(Cl)[nH]2)c1O. The van der Waals surface area contributed by atoms with Crippen LogP contribution in [0, 0.1) is 0 Å². The van der Waals surface area contributed by atoms with Crippen molar-refractivity contribution in [2.45, 2.75) is 75.1 Å². The number of hydrogen-bond acceptors (Lipinski definition) is 6. The van der Waals surface area contributed by atoms with Gasteiger partial charge in [0.05, 0.1) is 27.8 Å². The number of benzene rings is 1. The molecule has 0 bridgehead atoms. The number of phenolic OH excluding ortho intramolecular Hbond substituents is 2. The minimum atomic E-state index is -0.672. The predicted octanol–water partition coefficient (Wildman–Crippen LogP) is 5.56. The van der Waals surface area contributed by atoms with E-state index in [-0.39, 0.29) is 56.2 Å². The smallest absolute Gasteiger partial charge is 0.315 e. The van der Waals surface area contributed by atoms with Crippen LogP contribution < -0.4 is 16.0 Å². The lowest BCUT2D eigenvalue weighted by atomic mass is 9.98. The van der Waals surface area contributed by atoms with Crippen LogP contribution in [-0.2, 0) is 11.2 Å². The molecule has 2 aromatic rings. The Morgan fingerprint density at radius 1 is 0.975 bits per heavy atom. The van der Waals surface area contributed by atoms with Crippen molar-refractivity contribution in [2.24, 2.45) is 0 Å². The fourth-order valence-electron chi connectivity index (χ4n) is 5.13. The number of unbranched alkanes of at least 4 members (excludes halogenated alkanes) is 4. The molecule has 4 rings (SSSR count). The lowest BCUT2D eigenvalue weighted by Gasteiger charge is -2.16. The summed E-state index contributed by atoms with van der Waals surface area (Å²) >= 11 is 19.8. The highest BCUT2D eigenvalue weighted by Gasteiger charge is 2.42. The van der Waals surface area contributed by atoms with Crippen LogP contribution in [0.1, 0.15) is 73.0 Å². The summed E-state index contributed by atoms with van der Waals surface area (Å²) in [5.74, 6) is -0.501. The number of rotatable bonds is 14. The highest BCUT2D eigenvalue weighted by Crippen LogP contribution is 2.40. The van der Waals surface area contributed by atoms with Crippen molar-refractivity contribution in [3.63, 3.8) is 0 Å². The second kappa shape index (κ2) is 14.1. The maximum atomic E-state index is 12.9. The second-order valence-corrected chi connectivity index (χ2v) is 12.6. The zero-order valence-corrected chi connectivity index (χ0v) is 24.9. The molecule has 13 heteroatoms. The molecule has 3 heterocycles. The highest BCUT2D eigenvalue weighted by atomic mass is 35.5. The summed E-state index contributed by atoms with van der Waals surface area (Å²) in [6, 6.07) is 3.14. The van der Waals surface area contributed by atoms with E-state index in [1.54, 1.807) is 0 Å². The third-order valence-electron chi connectivity index (χ3n) is 7.28. The lowest BCUT2D eigenvalue weighted by Crippen LogP contribution is -2.36. The molecule has 6 N–H and O–H groups in total. The number of aryl methyl sites for hydroxylation is 1. The van der Waals surface area contributed by atoms with Crippen LogP contribution in [0.15, 0.2) is 12.1 Å². The fourth-order valence-corrected chi connectivity index (χ4v) is 7.22. The Balaban J connectivity index is 1.11. The van der Waals surface area contributed by atoms with Crippen LogP contribution in [0.4, 0.5) is 4.79 Å². The monoisotopic (exact) mass is 630 g/mol. The van der Waals surface area contributed by atoms with E-state index in [0.29, 0.717) is 30.2 Å². The number of amides is 3. The number of phenols is 2. The molecule has 0 saturated carbocycles. The minimum Gasteiger partial charge on any atom is -0.507 e. The molecule has 9 nitrogen and oxygen atoms in total. The van der Waals surface area contributed by atoms with Crippen molar-refractivity contribution in [1.29, 1.82) is 0 Å². The molecule has 2 saturated heterocycles. The maximum Gasteiger partial charge on any atom is 0.315 e. The van der Waals surface area contributed by atoms with Gasteiger partial charge in [-0.1, -0.05) is 54.1 Å². The van der Waals surface area contributed by atoms with Gasteiger partial charge >= 0.3 is 6.03 Å². The lowest BCUT2D eigenvalue weighted by molar-refractivity contribution is -0.121. The number of aromatic amines is 1. The van der Waals surface area contributed by atoms with Gasteiger partial charge in [-0.3, -0.25) is 9.59 Å². The minimum absolute atomic E-state index is 0.0263. The van der Waals surface area contributed by atoms with E-state index < -0.39 is 11.5 Å². The van der Waals surface area contributed by atoms with Crippen LogP contribution in [0.25, 0.3) is 0 Å². The zero-order chi connectivity index (χ0) is 28.8. The van der Waals surface area contributed by atoms with E-state index in [9.17, 15) is 24.6 Å². The van der Waals surface area contributed by atoms with Gasteiger partial charge in [-0.05, 0) is 49.8 Å². The van der Waals surface area contributed by atoms with Crippen LogP contribution in [0.3, 0.4) is 0 Å². The largest absolute Gasteiger partial charge is 0.507 e. The summed E-state index contributed by atoms with van der Waals surface area (Å²) in [6.07, 6.45) is 7.04. The summed E-state index contributed by atoms with van der Waals surface area (Å²) < 4.78 is 0. The number of ketones is 1. The quantitative estimate of drug-likeness (QED) is 0.0915. The molecule has 1 aromatic carbocycles.